The van der Waals surface area contributed by atoms with Crippen LogP contribution in [-0.4, -0.2) is 32.6 Å². The molecule has 2 bridgehead atoms. The first-order valence-electron chi connectivity index (χ1n) is 11.1. The molecule has 0 saturated heterocycles. The molecule has 4 N–H and O–H groups in total. The number of aromatic nitrogens is 3. The Kier molecular flexibility index (Phi) is 6.18. The monoisotopic (exact) mass is 472 g/mol. The maximum absolute atomic E-state index is 12.7. The van der Waals surface area contributed by atoms with Gasteiger partial charge >= 0.3 is 0 Å². The van der Waals surface area contributed by atoms with Crippen LogP contribution in [0.2, 0.25) is 5.02 Å². The fourth-order valence-corrected chi connectivity index (χ4v) is 5.53. The van der Waals surface area contributed by atoms with Crippen LogP contribution in [0.3, 0.4) is 0 Å². The number of fused-ring (bicyclic) bond motifs is 2. The lowest BCUT2D eigenvalue weighted by Gasteiger charge is -2.62. The molecule has 0 aliphatic heterocycles. The molecule has 0 spiro atoms. The summed E-state index contributed by atoms with van der Waals surface area (Å²) < 4.78 is 1.04. The molecule has 0 aromatic carbocycles. The normalized spacial score (nSPS) is 25.1. The fraction of sp³-hybridized carbons (Fsp3) is 0.522. The quantitative estimate of drug-likeness (QED) is 0.565. The number of nitrogens with zero attached hydrogens (tertiary/aromatic N) is 3. The summed E-state index contributed by atoms with van der Waals surface area (Å²) in [6.07, 6.45) is 5.26. The average Bonchev–Trinajstić information content (AvgIpc) is 2.78. The highest BCUT2D eigenvalue weighted by atomic mass is 35.5. The van der Waals surface area contributed by atoms with Crippen LogP contribution < -0.4 is 21.9 Å². The van der Waals surface area contributed by atoms with Gasteiger partial charge in [0.15, 0.2) is 0 Å². The molecular formula is C23H29ClN6O3. The van der Waals surface area contributed by atoms with E-state index in [0.29, 0.717) is 34.4 Å². The Morgan fingerprint density at radius 1 is 1.33 bits per heavy atom. The van der Waals surface area contributed by atoms with E-state index >= 15 is 0 Å². The average molecular weight is 473 g/mol. The highest BCUT2D eigenvalue weighted by Crippen LogP contribution is 2.61. The largest absolute Gasteiger partial charge is 0.379 e. The zero-order chi connectivity index (χ0) is 23.9. The summed E-state index contributed by atoms with van der Waals surface area (Å²) in [5.74, 6) is 0.737. The molecule has 3 fully saturated rings. The minimum atomic E-state index is -0.648. The van der Waals surface area contributed by atoms with Crippen molar-refractivity contribution in [3.63, 3.8) is 0 Å². The van der Waals surface area contributed by atoms with Crippen molar-refractivity contribution >= 4 is 29.1 Å². The molecule has 9 nitrogen and oxygen atoms in total. The SMILES string of the molecule is C[C@@H]1[C@H]2C[C@@H](C[C@H]1Nc1cnn(CC(=O)NCc3ccnc(C(N)=O)c3)c(=O)c1Cl)C2(C)C. The van der Waals surface area contributed by atoms with Crippen LogP contribution in [-0.2, 0) is 17.9 Å². The lowest BCUT2D eigenvalue weighted by Crippen LogP contribution is -2.58. The number of anilines is 1. The van der Waals surface area contributed by atoms with Gasteiger partial charge in [-0.1, -0.05) is 32.4 Å². The van der Waals surface area contributed by atoms with Gasteiger partial charge in [-0.2, -0.15) is 5.10 Å². The second-order valence-corrected chi connectivity index (χ2v) is 10.1. The Labute approximate surface area is 197 Å². The van der Waals surface area contributed by atoms with Crippen LogP contribution in [0.1, 0.15) is 49.7 Å². The molecule has 0 radical (unpaired) electrons. The lowest BCUT2D eigenvalue weighted by molar-refractivity contribution is -0.122. The third-order valence-electron chi connectivity index (χ3n) is 7.54. The number of primary amides is 1. The number of carbonyl (C=O) groups excluding carboxylic acids is 2. The van der Waals surface area contributed by atoms with Gasteiger partial charge in [0.1, 0.15) is 17.3 Å². The predicted molar refractivity (Wildman–Crippen MR) is 125 cm³/mol. The molecule has 3 saturated carbocycles. The van der Waals surface area contributed by atoms with E-state index in [9.17, 15) is 14.4 Å². The Balaban J connectivity index is 1.37. The van der Waals surface area contributed by atoms with Gasteiger partial charge in [-0.3, -0.25) is 19.4 Å². The zero-order valence-corrected chi connectivity index (χ0v) is 19.7. The molecule has 33 heavy (non-hydrogen) atoms. The molecule has 0 unspecified atom stereocenters. The Hall–Kier alpha value is -2.94. The van der Waals surface area contributed by atoms with Gasteiger partial charge in [0, 0.05) is 18.8 Å². The highest BCUT2D eigenvalue weighted by Gasteiger charge is 2.56. The standard InChI is InChI=1S/C23H29ClN6O3/c1-12-15-7-14(23(15,2)3)8-16(12)29-18-10-28-30(22(33)20(18)24)11-19(31)27-9-13-4-5-26-17(6-13)21(25)32/h4-6,10,12,14-16,29H,7-9,11H2,1-3H3,(H2,25,32)(H,27,31)/t12-,14+,15-,16-/m1/s1. The van der Waals surface area contributed by atoms with Crippen LogP contribution in [0, 0.1) is 23.2 Å². The van der Waals surface area contributed by atoms with Crippen molar-refractivity contribution in [1.29, 1.82) is 0 Å². The highest BCUT2D eigenvalue weighted by molar-refractivity contribution is 6.32. The second kappa shape index (κ2) is 8.78. The number of pyridine rings is 1. The van der Waals surface area contributed by atoms with Crippen LogP contribution in [0.25, 0.3) is 0 Å². The molecule has 3 aliphatic rings. The maximum Gasteiger partial charge on any atom is 0.288 e. The first-order chi connectivity index (χ1) is 15.6. The van der Waals surface area contributed by atoms with E-state index in [4.69, 9.17) is 17.3 Å². The van der Waals surface area contributed by atoms with E-state index in [1.807, 2.05) is 0 Å². The van der Waals surface area contributed by atoms with E-state index in [0.717, 1.165) is 11.1 Å². The first kappa shape index (κ1) is 23.2. The summed E-state index contributed by atoms with van der Waals surface area (Å²) in [4.78, 5) is 40.1. The molecular weight excluding hydrogens is 444 g/mol. The summed E-state index contributed by atoms with van der Waals surface area (Å²) in [5.41, 5.74) is 6.34. The smallest absolute Gasteiger partial charge is 0.288 e. The van der Waals surface area contributed by atoms with Crippen LogP contribution in [0.4, 0.5) is 5.69 Å². The molecule has 2 aromatic heterocycles. The van der Waals surface area contributed by atoms with Gasteiger partial charge in [0.05, 0.1) is 11.9 Å². The summed E-state index contributed by atoms with van der Waals surface area (Å²) in [7, 11) is 0. The maximum atomic E-state index is 12.7. The number of rotatable bonds is 7. The van der Waals surface area contributed by atoms with Crippen molar-refractivity contribution in [2.45, 2.75) is 52.7 Å². The molecule has 2 heterocycles. The lowest BCUT2D eigenvalue weighted by atomic mass is 9.45. The van der Waals surface area contributed by atoms with Crippen molar-refractivity contribution in [3.8, 4) is 0 Å². The van der Waals surface area contributed by atoms with Crippen molar-refractivity contribution in [1.82, 2.24) is 20.1 Å². The van der Waals surface area contributed by atoms with Crippen LogP contribution in [0.15, 0.2) is 29.3 Å². The minimum absolute atomic E-state index is 0.0312. The minimum Gasteiger partial charge on any atom is -0.379 e. The third kappa shape index (κ3) is 4.46. The van der Waals surface area contributed by atoms with Gasteiger partial charge in [0.25, 0.3) is 11.5 Å². The van der Waals surface area contributed by atoms with E-state index in [1.54, 1.807) is 6.07 Å². The second-order valence-electron chi connectivity index (χ2n) is 9.73. The summed E-state index contributed by atoms with van der Waals surface area (Å²) in [6.45, 7) is 6.81. The van der Waals surface area contributed by atoms with E-state index in [1.165, 1.54) is 24.9 Å². The van der Waals surface area contributed by atoms with Gasteiger partial charge < -0.3 is 16.4 Å². The van der Waals surface area contributed by atoms with Gasteiger partial charge in [-0.25, -0.2) is 4.68 Å². The number of carbonyl (C=O) groups is 2. The number of hydrogen-bond donors (Lipinski definition) is 3. The summed E-state index contributed by atoms with van der Waals surface area (Å²) in [6, 6.07) is 3.40. The zero-order valence-electron chi connectivity index (χ0n) is 19.0. The number of nitrogens with one attached hydrogen (secondary N) is 2. The molecule has 2 amide bonds. The number of halogens is 1. The van der Waals surface area contributed by atoms with Gasteiger partial charge in [0.2, 0.25) is 5.91 Å². The summed E-state index contributed by atoms with van der Waals surface area (Å²) in [5, 5.41) is 10.3. The molecule has 3 aliphatic carbocycles. The Bertz CT molecular complexity index is 1150. The molecule has 176 valence electrons. The van der Waals surface area contributed by atoms with Crippen molar-refractivity contribution in [2.75, 3.05) is 5.32 Å². The topological polar surface area (TPSA) is 132 Å². The third-order valence-corrected chi connectivity index (χ3v) is 7.91. The molecule has 5 rings (SSSR count). The first-order valence-corrected chi connectivity index (χ1v) is 11.5. The predicted octanol–water partition coefficient (Wildman–Crippen LogP) is 2.19. The number of nitrogens with two attached hydrogens (primary N) is 1. The van der Waals surface area contributed by atoms with Crippen molar-refractivity contribution < 1.29 is 9.59 Å². The molecule has 10 heteroatoms. The number of hydrogen-bond acceptors (Lipinski definition) is 6. The van der Waals surface area contributed by atoms with Crippen molar-refractivity contribution in [2.24, 2.45) is 28.9 Å². The van der Waals surface area contributed by atoms with Crippen LogP contribution in [0.5, 0.6) is 0 Å². The van der Waals surface area contributed by atoms with E-state index in [2.05, 4.69) is 41.5 Å². The Morgan fingerprint density at radius 2 is 2.09 bits per heavy atom. The van der Waals surface area contributed by atoms with Crippen molar-refractivity contribution in [3.05, 3.63) is 51.2 Å². The Morgan fingerprint density at radius 3 is 2.76 bits per heavy atom. The van der Waals surface area contributed by atoms with Crippen LogP contribution >= 0.6 is 11.6 Å². The van der Waals surface area contributed by atoms with E-state index in [-0.39, 0.29) is 29.8 Å². The van der Waals surface area contributed by atoms with Gasteiger partial charge in [-0.15, -0.1) is 0 Å². The van der Waals surface area contributed by atoms with Gasteiger partial charge in [-0.05, 0) is 53.7 Å². The molecule has 2 aromatic rings. The fourth-order valence-electron chi connectivity index (χ4n) is 5.33. The molecule has 4 atom stereocenters. The summed E-state index contributed by atoms with van der Waals surface area (Å²) >= 11 is 6.35. The van der Waals surface area contributed by atoms with E-state index < -0.39 is 17.4 Å². The number of amides is 2.